The van der Waals surface area contributed by atoms with E-state index in [0.29, 0.717) is 6.17 Å². The van der Waals surface area contributed by atoms with Gasteiger partial charge in [-0.25, -0.2) is 9.97 Å². The molecule has 2 heterocycles. The lowest BCUT2D eigenvalue weighted by Crippen LogP contribution is -2.40. The summed E-state index contributed by atoms with van der Waals surface area (Å²) in [6.45, 7) is 1.10. The molecular weight excluding hydrogens is 164 g/mol. The van der Waals surface area contributed by atoms with Crippen molar-refractivity contribution in [3.05, 3.63) is 18.6 Å². The van der Waals surface area contributed by atoms with Crippen molar-refractivity contribution >= 4 is 5.82 Å². The summed E-state index contributed by atoms with van der Waals surface area (Å²) in [5.41, 5.74) is 0. The predicted octanol–water partition coefficient (Wildman–Crippen LogP) is 0.988. The number of nitrogens with one attached hydrogen (secondary N) is 2. The van der Waals surface area contributed by atoms with Gasteiger partial charge in [-0.2, -0.15) is 0 Å². The Morgan fingerprint density at radius 1 is 1.46 bits per heavy atom. The molecule has 0 spiro atoms. The summed E-state index contributed by atoms with van der Waals surface area (Å²) in [6, 6.07) is 1.89. The van der Waals surface area contributed by atoms with Crippen LogP contribution in [0.2, 0.25) is 0 Å². The van der Waals surface area contributed by atoms with E-state index in [-0.39, 0.29) is 0 Å². The Morgan fingerprint density at radius 3 is 3.15 bits per heavy atom. The maximum atomic E-state index is 4.11. The molecule has 0 aliphatic carbocycles. The summed E-state index contributed by atoms with van der Waals surface area (Å²) in [5.74, 6) is 0.898. The Balaban J connectivity index is 1.90. The third-order valence-electron chi connectivity index (χ3n) is 2.21. The molecule has 1 atom stereocenters. The summed E-state index contributed by atoms with van der Waals surface area (Å²) < 4.78 is 0. The van der Waals surface area contributed by atoms with Gasteiger partial charge in [0.25, 0.3) is 0 Å². The van der Waals surface area contributed by atoms with Gasteiger partial charge in [-0.3, -0.25) is 5.32 Å². The molecule has 2 rings (SSSR count). The smallest absolute Gasteiger partial charge is 0.130 e. The molecule has 1 aliphatic heterocycles. The van der Waals surface area contributed by atoms with E-state index in [0.717, 1.165) is 12.4 Å². The van der Waals surface area contributed by atoms with Crippen LogP contribution in [-0.4, -0.2) is 22.7 Å². The van der Waals surface area contributed by atoms with E-state index in [1.54, 1.807) is 12.5 Å². The van der Waals surface area contributed by atoms with Crippen LogP contribution >= 0.6 is 0 Å². The van der Waals surface area contributed by atoms with Crippen molar-refractivity contribution in [3.63, 3.8) is 0 Å². The van der Waals surface area contributed by atoms with Crippen LogP contribution in [-0.2, 0) is 0 Å². The number of nitrogens with zero attached hydrogens (tertiary/aromatic N) is 2. The summed E-state index contributed by atoms with van der Waals surface area (Å²) in [7, 11) is 0. The first kappa shape index (κ1) is 8.44. The van der Waals surface area contributed by atoms with E-state index < -0.39 is 0 Å². The van der Waals surface area contributed by atoms with Crippen molar-refractivity contribution in [2.24, 2.45) is 0 Å². The van der Waals surface area contributed by atoms with Crippen molar-refractivity contribution in [3.8, 4) is 0 Å². The van der Waals surface area contributed by atoms with Crippen LogP contribution < -0.4 is 10.6 Å². The molecule has 1 saturated heterocycles. The van der Waals surface area contributed by atoms with Crippen molar-refractivity contribution in [1.29, 1.82) is 0 Å². The molecule has 1 unspecified atom stereocenters. The second kappa shape index (κ2) is 4.18. The van der Waals surface area contributed by atoms with Crippen LogP contribution in [0.1, 0.15) is 19.3 Å². The molecule has 13 heavy (non-hydrogen) atoms. The molecule has 1 aromatic heterocycles. The number of aromatic nitrogens is 2. The fraction of sp³-hybridized carbons (Fsp3) is 0.556. The van der Waals surface area contributed by atoms with Crippen LogP contribution in [0.25, 0.3) is 0 Å². The molecule has 1 aliphatic rings. The largest absolute Gasteiger partial charge is 0.355 e. The zero-order valence-corrected chi connectivity index (χ0v) is 7.53. The highest BCUT2D eigenvalue weighted by Gasteiger charge is 2.11. The molecule has 0 bridgehead atoms. The highest BCUT2D eigenvalue weighted by molar-refractivity contribution is 5.32. The van der Waals surface area contributed by atoms with Gasteiger partial charge in [-0.05, 0) is 31.9 Å². The molecule has 70 valence electrons. The minimum Gasteiger partial charge on any atom is -0.355 e. The maximum Gasteiger partial charge on any atom is 0.130 e. The van der Waals surface area contributed by atoms with E-state index in [9.17, 15) is 0 Å². The second-order valence-corrected chi connectivity index (χ2v) is 3.24. The van der Waals surface area contributed by atoms with E-state index in [2.05, 4.69) is 20.6 Å². The Labute approximate surface area is 77.8 Å². The van der Waals surface area contributed by atoms with Crippen LogP contribution in [0.15, 0.2) is 18.6 Å². The van der Waals surface area contributed by atoms with Crippen LogP contribution in [0.4, 0.5) is 5.82 Å². The fourth-order valence-electron chi connectivity index (χ4n) is 1.53. The Hall–Kier alpha value is -1.16. The van der Waals surface area contributed by atoms with Gasteiger partial charge in [0.2, 0.25) is 0 Å². The van der Waals surface area contributed by atoms with Gasteiger partial charge < -0.3 is 5.32 Å². The highest BCUT2D eigenvalue weighted by Crippen LogP contribution is 2.09. The first-order valence-corrected chi connectivity index (χ1v) is 4.71. The van der Waals surface area contributed by atoms with E-state index in [1.807, 2.05) is 6.07 Å². The summed E-state index contributed by atoms with van der Waals surface area (Å²) in [6.07, 6.45) is 7.43. The average molecular weight is 178 g/mol. The summed E-state index contributed by atoms with van der Waals surface area (Å²) >= 11 is 0. The first-order chi connectivity index (χ1) is 6.45. The number of rotatable bonds is 2. The zero-order valence-electron chi connectivity index (χ0n) is 7.53. The van der Waals surface area contributed by atoms with Crippen molar-refractivity contribution in [2.75, 3.05) is 11.9 Å². The molecule has 0 radical (unpaired) electrons. The molecule has 2 N–H and O–H groups in total. The van der Waals surface area contributed by atoms with Crippen molar-refractivity contribution < 1.29 is 0 Å². The Morgan fingerprint density at radius 2 is 2.46 bits per heavy atom. The summed E-state index contributed by atoms with van der Waals surface area (Å²) in [5, 5.41) is 6.71. The van der Waals surface area contributed by atoms with Crippen LogP contribution in [0, 0.1) is 0 Å². The molecule has 4 heteroatoms. The second-order valence-electron chi connectivity index (χ2n) is 3.24. The van der Waals surface area contributed by atoms with Gasteiger partial charge >= 0.3 is 0 Å². The monoisotopic (exact) mass is 178 g/mol. The van der Waals surface area contributed by atoms with E-state index in [1.165, 1.54) is 19.3 Å². The minimum atomic E-state index is 0.378. The normalized spacial score (nSPS) is 22.6. The molecule has 1 fully saturated rings. The lowest BCUT2D eigenvalue weighted by atomic mass is 10.1. The molecule has 0 amide bonds. The van der Waals surface area contributed by atoms with Gasteiger partial charge in [0.05, 0.1) is 6.17 Å². The minimum absolute atomic E-state index is 0.378. The highest BCUT2D eigenvalue weighted by atomic mass is 15.2. The van der Waals surface area contributed by atoms with E-state index in [4.69, 9.17) is 0 Å². The molecule has 4 nitrogen and oxygen atoms in total. The van der Waals surface area contributed by atoms with E-state index >= 15 is 0 Å². The lowest BCUT2D eigenvalue weighted by molar-refractivity contribution is 0.432. The summed E-state index contributed by atoms with van der Waals surface area (Å²) in [4.78, 5) is 7.98. The predicted molar refractivity (Wildman–Crippen MR) is 51.3 cm³/mol. The fourth-order valence-corrected chi connectivity index (χ4v) is 1.53. The van der Waals surface area contributed by atoms with Gasteiger partial charge in [-0.15, -0.1) is 0 Å². The third-order valence-corrected chi connectivity index (χ3v) is 2.21. The van der Waals surface area contributed by atoms with Crippen molar-refractivity contribution in [2.45, 2.75) is 25.4 Å². The quantitative estimate of drug-likeness (QED) is 0.709. The number of anilines is 1. The third kappa shape index (κ3) is 2.39. The van der Waals surface area contributed by atoms with Crippen LogP contribution in [0.5, 0.6) is 0 Å². The van der Waals surface area contributed by atoms with Gasteiger partial charge in [0.15, 0.2) is 0 Å². The van der Waals surface area contributed by atoms with Crippen LogP contribution in [0.3, 0.4) is 0 Å². The van der Waals surface area contributed by atoms with Gasteiger partial charge in [-0.1, -0.05) is 0 Å². The lowest BCUT2D eigenvalue weighted by Gasteiger charge is -2.24. The topological polar surface area (TPSA) is 49.8 Å². The average Bonchev–Trinajstić information content (AvgIpc) is 2.21. The zero-order chi connectivity index (χ0) is 8.93. The van der Waals surface area contributed by atoms with Gasteiger partial charge in [0, 0.05) is 6.20 Å². The number of hydrogen-bond donors (Lipinski definition) is 2. The molecular formula is C9H14N4. The standard InChI is InChI=1S/C9H14N4/c1-2-5-11-8(3-1)13-9-4-6-10-7-12-9/h4,6-8,11H,1-3,5H2,(H,10,12,13). The molecule has 0 aromatic carbocycles. The number of hydrogen-bond acceptors (Lipinski definition) is 4. The Bertz CT molecular complexity index is 243. The SMILES string of the molecule is c1cc(NC2CCCCN2)ncn1. The first-order valence-electron chi connectivity index (χ1n) is 4.71. The number of piperidine rings is 1. The van der Waals surface area contributed by atoms with Crippen molar-refractivity contribution in [1.82, 2.24) is 15.3 Å². The van der Waals surface area contributed by atoms with Gasteiger partial charge in [0.1, 0.15) is 12.1 Å². The molecule has 0 saturated carbocycles. The Kier molecular flexibility index (Phi) is 2.72. The maximum absolute atomic E-state index is 4.11. The molecule has 1 aromatic rings.